The Morgan fingerprint density at radius 1 is 1.38 bits per heavy atom. The van der Waals surface area contributed by atoms with Gasteiger partial charge in [-0.2, -0.15) is 0 Å². The monoisotopic (exact) mass is 223 g/mol. The summed E-state index contributed by atoms with van der Waals surface area (Å²) in [5, 5.41) is 18.5. The number of aliphatic carboxylic acids is 1. The quantitative estimate of drug-likeness (QED) is 0.684. The van der Waals surface area contributed by atoms with Gasteiger partial charge in [0.25, 0.3) is 0 Å². The molecule has 0 bridgehead atoms. The summed E-state index contributed by atoms with van der Waals surface area (Å²) in [5.41, 5.74) is 6.77. The number of hydrogen-bond acceptors (Lipinski definition) is 3. The molecule has 4 nitrogen and oxygen atoms in total. The van der Waals surface area contributed by atoms with Crippen LogP contribution in [-0.2, 0) is 11.2 Å². The first kappa shape index (κ1) is 12.7. The van der Waals surface area contributed by atoms with Crippen LogP contribution in [0.5, 0.6) is 0 Å². The average Bonchev–Trinajstić information content (AvgIpc) is 2.28. The van der Waals surface area contributed by atoms with Crippen molar-refractivity contribution in [2.24, 2.45) is 11.7 Å². The van der Waals surface area contributed by atoms with Crippen LogP contribution in [-0.4, -0.2) is 28.3 Å². The van der Waals surface area contributed by atoms with Gasteiger partial charge in [0.2, 0.25) is 0 Å². The lowest BCUT2D eigenvalue weighted by molar-refractivity contribution is -0.145. The van der Waals surface area contributed by atoms with Crippen LogP contribution in [0.2, 0.25) is 0 Å². The highest BCUT2D eigenvalue weighted by atomic mass is 16.4. The number of carboxylic acids is 1. The normalized spacial score (nSPS) is 16.4. The zero-order chi connectivity index (χ0) is 12.1. The van der Waals surface area contributed by atoms with Gasteiger partial charge in [0, 0.05) is 6.04 Å². The molecule has 1 aromatic rings. The number of aliphatic hydroxyl groups is 1. The van der Waals surface area contributed by atoms with Crippen molar-refractivity contribution < 1.29 is 15.0 Å². The molecule has 1 aromatic carbocycles. The third kappa shape index (κ3) is 3.32. The van der Waals surface area contributed by atoms with Crippen molar-refractivity contribution >= 4 is 5.97 Å². The third-order valence-corrected chi connectivity index (χ3v) is 2.65. The highest BCUT2D eigenvalue weighted by Gasteiger charge is 2.26. The summed E-state index contributed by atoms with van der Waals surface area (Å²) >= 11 is 0. The zero-order valence-electron chi connectivity index (χ0n) is 9.21. The predicted molar refractivity (Wildman–Crippen MR) is 60.9 cm³/mol. The number of aliphatic hydroxyl groups excluding tert-OH is 1. The molecule has 0 radical (unpaired) electrons. The predicted octanol–water partition coefficient (Wildman–Crippen LogP) is 0.638. The van der Waals surface area contributed by atoms with Gasteiger partial charge in [-0.3, -0.25) is 4.79 Å². The molecule has 0 fully saturated rings. The van der Waals surface area contributed by atoms with Crippen molar-refractivity contribution in [2.45, 2.75) is 25.5 Å². The lowest BCUT2D eigenvalue weighted by Gasteiger charge is -2.22. The Kier molecular flexibility index (Phi) is 4.46. The second-order valence-electron chi connectivity index (χ2n) is 3.97. The van der Waals surface area contributed by atoms with Crippen molar-refractivity contribution in [1.82, 2.24) is 0 Å². The van der Waals surface area contributed by atoms with Crippen LogP contribution in [0.25, 0.3) is 0 Å². The number of benzene rings is 1. The van der Waals surface area contributed by atoms with Crippen LogP contribution >= 0.6 is 0 Å². The number of rotatable bonds is 5. The first-order valence-corrected chi connectivity index (χ1v) is 5.22. The molecule has 1 rings (SSSR count). The van der Waals surface area contributed by atoms with Gasteiger partial charge in [0.1, 0.15) is 0 Å². The van der Waals surface area contributed by atoms with E-state index < -0.39 is 24.0 Å². The second kappa shape index (κ2) is 5.63. The second-order valence-corrected chi connectivity index (χ2v) is 3.97. The Bertz CT molecular complexity index is 339. The van der Waals surface area contributed by atoms with Crippen LogP contribution in [0.4, 0.5) is 0 Å². The maximum Gasteiger partial charge on any atom is 0.308 e. The summed E-state index contributed by atoms with van der Waals surface area (Å²) in [4.78, 5) is 10.7. The van der Waals surface area contributed by atoms with E-state index in [0.29, 0.717) is 6.42 Å². The third-order valence-electron chi connectivity index (χ3n) is 2.65. The smallest absolute Gasteiger partial charge is 0.308 e. The molecule has 0 saturated heterocycles. The fourth-order valence-corrected chi connectivity index (χ4v) is 1.52. The molecule has 0 aliphatic rings. The van der Waals surface area contributed by atoms with E-state index in [0.717, 1.165) is 5.56 Å². The van der Waals surface area contributed by atoms with Gasteiger partial charge in [-0.15, -0.1) is 0 Å². The molecule has 0 amide bonds. The lowest BCUT2D eigenvalue weighted by Crippen LogP contribution is -2.43. The van der Waals surface area contributed by atoms with E-state index >= 15 is 0 Å². The molecular weight excluding hydrogens is 206 g/mol. The molecule has 4 N–H and O–H groups in total. The van der Waals surface area contributed by atoms with E-state index in [1.54, 1.807) is 0 Å². The SMILES string of the molecule is C[C@H](C(=O)O)[C@H](O)[C@@H](N)Cc1ccccc1. The standard InChI is InChI=1S/C12H17NO3/c1-8(12(15)16)11(14)10(13)7-9-5-3-2-4-6-9/h2-6,8,10-11,14H,7,13H2,1H3,(H,15,16)/t8-,10-,11-/m0/s1. The highest BCUT2D eigenvalue weighted by molar-refractivity contribution is 5.70. The topological polar surface area (TPSA) is 83.5 Å². The maximum absolute atomic E-state index is 10.7. The summed E-state index contributed by atoms with van der Waals surface area (Å²) in [6.45, 7) is 1.46. The van der Waals surface area contributed by atoms with Gasteiger partial charge in [0.05, 0.1) is 12.0 Å². The van der Waals surface area contributed by atoms with Crippen LogP contribution in [0, 0.1) is 5.92 Å². The summed E-state index contributed by atoms with van der Waals surface area (Å²) < 4.78 is 0. The molecule has 0 heterocycles. The van der Waals surface area contributed by atoms with E-state index in [2.05, 4.69) is 0 Å². The molecule has 0 saturated carbocycles. The largest absolute Gasteiger partial charge is 0.481 e. The maximum atomic E-state index is 10.7. The summed E-state index contributed by atoms with van der Waals surface area (Å²) in [6.07, 6.45) is -0.558. The minimum atomic E-state index is -1.03. The van der Waals surface area contributed by atoms with Crippen LogP contribution < -0.4 is 5.73 Å². The molecule has 16 heavy (non-hydrogen) atoms. The molecule has 4 heteroatoms. The van der Waals surface area contributed by atoms with Crippen LogP contribution in [0.1, 0.15) is 12.5 Å². The van der Waals surface area contributed by atoms with Gasteiger partial charge in [-0.25, -0.2) is 0 Å². The fraction of sp³-hybridized carbons (Fsp3) is 0.417. The summed E-state index contributed by atoms with van der Waals surface area (Å²) in [7, 11) is 0. The molecule has 0 aromatic heterocycles. The van der Waals surface area contributed by atoms with Crippen LogP contribution in [0.15, 0.2) is 30.3 Å². The van der Waals surface area contributed by atoms with Crippen molar-refractivity contribution in [3.05, 3.63) is 35.9 Å². The Labute approximate surface area is 94.7 Å². The number of hydrogen-bond donors (Lipinski definition) is 3. The number of carbonyl (C=O) groups is 1. The van der Waals surface area contributed by atoms with Gasteiger partial charge in [0.15, 0.2) is 0 Å². The Morgan fingerprint density at radius 3 is 2.44 bits per heavy atom. The molecule has 0 unspecified atom stereocenters. The Hall–Kier alpha value is -1.39. The van der Waals surface area contributed by atoms with Crippen molar-refractivity contribution in [1.29, 1.82) is 0 Å². The number of carboxylic acid groups (broad SMARTS) is 1. The van der Waals surface area contributed by atoms with E-state index in [9.17, 15) is 9.90 Å². The van der Waals surface area contributed by atoms with Crippen LogP contribution in [0.3, 0.4) is 0 Å². The minimum Gasteiger partial charge on any atom is -0.481 e. The summed E-state index contributed by atoms with van der Waals surface area (Å²) in [6, 6.07) is 8.90. The van der Waals surface area contributed by atoms with Gasteiger partial charge >= 0.3 is 5.97 Å². The zero-order valence-corrected chi connectivity index (χ0v) is 9.21. The Balaban J connectivity index is 2.58. The Morgan fingerprint density at radius 2 is 1.94 bits per heavy atom. The molecule has 0 spiro atoms. The molecule has 3 atom stereocenters. The van der Waals surface area contributed by atoms with Gasteiger partial charge < -0.3 is 15.9 Å². The first-order valence-electron chi connectivity index (χ1n) is 5.22. The van der Waals surface area contributed by atoms with Crippen molar-refractivity contribution in [3.63, 3.8) is 0 Å². The van der Waals surface area contributed by atoms with E-state index in [4.69, 9.17) is 10.8 Å². The van der Waals surface area contributed by atoms with Gasteiger partial charge in [-0.1, -0.05) is 30.3 Å². The average molecular weight is 223 g/mol. The van der Waals surface area contributed by atoms with E-state index in [-0.39, 0.29) is 0 Å². The van der Waals surface area contributed by atoms with Crippen molar-refractivity contribution in [2.75, 3.05) is 0 Å². The highest BCUT2D eigenvalue weighted by Crippen LogP contribution is 2.11. The van der Waals surface area contributed by atoms with E-state index in [1.165, 1.54) is 6.92 Å². The molecular formula is C12H17NO3. The fourth-order valence-electron chi connectivity index (χ4n) is 1.52. The van der Waals surface area contributed by atoms with Gasteiger partial charge in [-0.05, 0) is 18.9 Å². The lowest BCUT2D eigenvalue weighted by atomic mass is 9.94. The molecule has 0 aliphatic heterocycles. The van der Waals surface area contributed by atoms with Crippen molar-refractivity contribution in [3.8, 4) is 0 Å². The molecule has 0 aliphatic carbocycles. The number of nitrogens with two attached hydrogens (primary N) is 1. The van der Waals surface area contributed by atoms with E-state index in [1.807, 2.05) is 30.3 Å². The molecule has 88 valence electrons. The first-order chi connectivity index (χ1) is 7.52. The minimum absolute atomic E-state index is 0.472. The summed E-state index contributed by atoms with van der Waals surface area (Å²) in [5.74, 6) is -1.88.